The fourth-order valence-corrected chi connectivity index (χ4v) is 2.12. The lowest BCUT2D eigenvalue weighted by Crippen LogP contribution is -2.42. The second kappa shape index (κ2) is 4.18. The average Bonchev–Trinajstić information content (AvgIpc) is 2.15. The van der Waals surface area contributed by atoms with Crippen molar-refractivity contribution in [2.45, 2.75) is 32.3 Å². The summed E-state index contributed by atoms with van der Waals surface area (Å²) >= 11 is 5.90. The van der Waals surface area contributed by atoms with E-state index in [-0.39, 0.29) is 0 Å². The normalized spacial score (nSPS) is 19.9. The predicted octanol–water partition coefficient (Wildman–Crippen LogP) is 1.79. The molecule has 0 aliphatic carbocycles. The molecular formula is C11H16ClN3O. The van der Waals surface area contributed by atoms with Gasteiger partial charge in [0.1, 0.15) is 16.8 Å². The van der Waals surface area contributed by atoms with Crippen molar-refractivity contribution in [3.8, 4) is 0 Å². The molecule has 1 N–H and O–H groups in total. The number of halogens is 1. The molecule has 0 atom stereocenters. The Labute approximate surface area is 100 Å². The highest BCUT2D eigenvalue weighted by Gasteiger charge is 2.28. The van der Waals surface area contributed by atoms with Gasteiger partial charge in [-0.3, -0.25) is 0 Å². The fraction of sp³-hybridized carbons (Fsp3) is 0.636. The highest BCUT2D eigenvalue weighted by molar-refractivity contribution is 6.29. The molecule has 0 saturated carbocycles. The summed E-state index contributed by atoms with van der Waals surface area (Å²) in [5.41, 5.74) is -0.539. The van der Waals surface area contributed by atoms with Crippen molar-refractivity contribution >= 4 is 17.4 Å². The maximum Gasteiger partial charge on any atom is 0.134 e. The second-order valence-electron chi connectivity index (χ2n) is 4.58. The van der Waals surface area contributed by atoms with E-state index in [0.717, 1.165) is 31.7 Å². The Hall–Kier alpha value is -0.870. The van der Waals surface area contributed by atoms with Crippen molar-refractivity contribution < 1.29 is 5.11 Å². The van der Waals surface area contributed by atoms with Gasteiger partial charge in [0, 0.05) is 19.2 Å². The van der Waals surface area contributed by atoms with Crippen molar-refractivity contribution in [2.75, 3.05) is 18.0 Å². The Morgan fingerprint density at radius 1 is 1.38 bits per heavy atom. The lowest BCUT2D eigenvalue weighted by atomic mass is 9.94. The number of rotatable bonds is 1. The van der Waals surface area contributed by atoms with Gasteiger partial charge in [0.15, 0.2) is 0 Å². The zero-order valence-corrected chi connectivity index (χ0v) is 10.3. The molecule has 1 aromatic rings. The molecule has 1 aliphatic heterocycles. The van der Waals surface area contributed by atoms with Crippen molar-refractivity contribution in [1.29, 1.82) is 0 Å². The Bertz CT molecular complexity index is 365. The second-order valence-corrected chi connectivity index (χ2v) is 4.97. The lowest BCUT2D eigenvalue weighted by molar-refractivity contribution is 0.0350. The first-order valence-electron chi connectivity index (χ1n) is 5.45. The molecule has 16 heavy (non-hydrogen) atoms. The van der Waals surface area contributed by atoms with E-state index in [9.17, 15) is 5.11 Å². The van der Waals surface area contributed by atoms with Crippen LogP contribution in [0.15, 0.2) is 6.07 Å². The van der Waals surface area contributed by atoms with Crippen LogP contribution in [0.4, 0.5) is 5.82 Å². The van der Waals surface area contributed by atoms with Crippen molar-refractivity contribution in [2.24, 2.45) is 0 Å². The molecule has 0 amide bonds. The maximum absolute atomic E-state index is 9.86. The summed E-state index contributed by atoms with van der Waals surface area (Å²) in [6, 6.07) is 1.77. The first-order chi connectivity index (χ1) is 7.46. The molecule has 4 nitrogen and oxygen atoms in total. The largest absolute Gasteiger partial charge is 0.390 e. The van der Waals surface area contributed by atoms with Crippen LogP contribution in [0, 0.1) is 6.92 Å². The third-order valence-corrected chi connectivity index (χ3v) is 3.15. The van der Waals surface area contributed by atoms with Gasteiger partial charge in [0.25, 0.3) is 0 Å². The van der Waals surface area contributed by atoms with Gasteiger partial charge in [-0.2, -0.15) is 0 Å². The molecule has 1 aliphatic rings. The topological polar surface area (TPSA) is 49.2 Å². The smallest absolute Gasteiger partial charge is 0.134 e. The van der Waals surface area contributed by atoms with Gasteiger partial charge in [-0.25, -0.2) is 9.97 Å². The van der Waals surface area contributed by atoms with Crippen LogP contribution in [0.2, 0.25) is 5.15 Å². The van der Waals surface area contributed by atoms with Gasteiger partial charge in [0.05, 0.1) is 5.60 Å². The van der Waals surface area contributed by atoms with Crippen LogP contribution in [-0.4, -0.2) is 33.8 Å². The molecule has 0 unspecified atom stereocenters. The van der Waals surface area contributed by atoms with E-state index in [2.05, 4.69) is 14.9 Å². The number of aromatic nitrogens is 2. The third-order valence-electron chi connectivity index (χ3n) is 2.96. The Morgan fingerprint density at radius 3 is 2.56 bits per heavy atom. The molecule has 1 saturated heterocycles. The summed E-state index contributed by atoms with van der Waals surface area (Å²) in [4.78, 5) is 10.5. The van der Waals surface area contributed by atoms with E-state index in [1.165, 1.54) is 0 Å². The van der Waals surface area contributed by atoms with E-state index in [0.29, 0.717) is 11.0 Å². The minimum atomic E-state index is -0.539. The molecular weight excluding hydrogens is 226 g/mol. The van der Waals surface area contributed by atoms with Gasteiger partial charge in [-0.1, -0.05) is 11.6 Å². The third kappa shape index (κ3) is 2.62. The number of aliphatic hydroxyl groups is 1. The summed E-state index contributed by atoms with van der Waals surface area (Å²) in [6.07, 6.45) is 1.52. The standard InChI is InChI=1S/C11H16ClN3O/c1-8-13-9(12)7-10(14-8)15-5-3-11(2,16)4-6-15/h7,16H,3-6H2,1-2H3. The lowest BCUT2D eigenvalue weighted by Gasteiger charge is -2.36. The maximum atomic E-state index is 9.86. The summed E-state index contributed by atoms with van der Waals surface area (Å²) < 4.78 is 0. The summed E-state index contributed by atoms with van der Waals surface area (Å²) in [5.74, 6) is 1.54. The first-order valence-corrected chi connectivity index (χ1v) is 5.83. The number of nitrogens with zero attached hydrogens (tertiary/aromatic N) is 3. The van der Waals surface area contributed by atoms with Crippen LogP contribution in [0.3, 0.4) is 0 Å². The Balaban J connectivity index is 2.14. The molecule has 0 spiro atoms. The summed E-state index contributed by atoms with van der Waals surface area (Å²) in [7, 11) is 0. The van der Waals surface area contributed by atoms with E-state index in [1.54, 1.807) is 6.07 Å². The highest BCUT2D eigenvalue weighted by Crippen LogP contribution is 2.25. The number of hydrogen-bond donors (Lipinski definition) is 1. The summed E-state index contributed by atoms with van der Waals surface area (Å²) in [6.45, 7) is 5.32. The van der Waals surface area contributed by atoms with Crippen molar-refractivity contribution in [3.05, 3.63) is 17.0 Å². The fourth-order valence-electron chi connectivity index (χ4n) is 1.90. The van der Waals surface area contributed by atoms with Gasteiger partial charge in [-0.05, 0) is 26.7 Å². The zero-order chi connectivity index (χ0) is 11.8. The van der Waals surface area contributed by atoms with Gasteiger partial charge in [-0.15, -0.1) is 0 Å². The first kappa shape index (κ1) is 11.6. The molecule has 0 bridgehead atoms. The number of hydrogen-bond acceptors (Lipinski definition) is 4. The quantitative estimate of drug-likeness (QED) is 0.762. The SMILES string of the molecule is Cc1nc(Cl)cc(N2CCC(C)(O)CC2)n1. The number of piperidine rings is 1. The predicted molar refractivity (Wildman–Crippen MR) is 63.8 cm³/mol. The van der Waals surface area contributed by atoms with Crippen LogP contribution >= 0.6 is 11.6 Å². The van der Waals surface area contributed by atoms with Crippen molar-refractivity contribution in [1.82, 2.24) is 9.97 Å². The van der Waals surface area contributed by atoms with Crippen LogP contribution in [0.1, 0.15) is 25.6 Å². The van der Waals surface area contributed by atoms with Crippen LogP contribution < -0.4 is 4.90 Å². The molecule has 1 aromatic heterocycles. The van der Waals surface area contributed by atoms with Crippen LogP contribution in [0.5, 0.6) is 0 Å². The highest BCUT2D eigenvalue weighted by atomic mass is 35.5. The van der Waals surface area contributed by atoms with Gasteiger partial charge < -0.3 is 10.0 Å². The molecule has 5 heteroatoms. The monoisotopic (exact) mass is 241 g/mol. The zero-order valence-electron chi connectivity index (χ0n) is 9.57. The van der Waals surface area contributed by atoms with Gasteiger partial charge >= 0.3 is 0 Å². The van der Waals surface area contributed by atoms with Crippen LogP contribution in [-0.2, 0) is 0 Å². The molecule has 2 heterocycles. The Morgan fingerprint density at radius 2 is 2.00 bits per heavy atom. The summed E-state index contributed by atoms with van der Waals surface area (Å²) in [5, 5.41) is 10.3. The average molecular weight is 242 g/mol. The van der Waals surface area contributed by atoms with Gasteiger partial charge in [0.2, 0.25) is 0 Å². The van der Waals surface area contributed by atoms with Crippen molar-refractivity contribution in [3.63, 3.8) is 0 Å². The number of aryl methyl sites for hydroxylation is 1. The van der Waals surface area contributed by atoms with E-state index < -0.39 is 5.60 Å². The number of anilines is 1. The minimum absolute atomic E-state index is 0.472. The molecule has 0 aromatic carbocycles. The Kier molecular flexibility index (Phi) is 3.04. The van der Waals surface area contributed by atoms with E-state index >= 15 is 0 Å². The minimum Gasteiger partial charge on any atom is -0.390 e. The molecule has 2 rings (SSSR count). The van der Waals surface area contributed by atoms with E-state index in [1.807, 2.05) is 13.8 Å². The van der Waals surface area contributed by atoms with Crippen LogP contribution in [0.25, 0.3) is 0 Å². The van der Waals surface area contributed by atoms with E-state index in [4.69, 9.17) is 11.6 Å². The molecule has 0 radical (unpaired) electrons. The molecule has 1 fully saturated rings. The molecule has 88 valence electrons.